The summed E-state index contributed by atoms with van der Waals surface area (Å²) in [5.41, 5.74) is 1.30. The molecule has 2 rings (SSSR count). The van der Waals surface area contributed by atoms with Crippen LogP contribution >= 0.6 is 0 Å². The molecule has 8 nitrogen and oxygen atoms in total. The molecule has 26 heavy (non-hydrogen) atoms. The fourth-order valence-electron chi connectivity index (χ4n) is 2.81. The maximum atomic E-state index is 12.9. The van der Waals surface area contributed by atoms with Crippen LogP contribution in [0.4, 0.5) is 4.79 Å². The minimum atomic E-state index is -3.41. The zero-order valence-corrected chi connectivity index (χ0v) is 16.0. The number of nitrogens with zero attached hydrogens (tertiary/aromatic N) is 2. The molecule has 1 aromatic carbocycles. The van der Waals surface area contributed by atoms with E-state index < -0.39 is 21.8 Å². The van der Waals surface area contributed by atoms with Gasteiger partial charge in [0.15, 0.2) is 15.6 Å². The van der Waals surface area contributed by atoms with Gasteiger partial charge in [-0.15, -0.1) is 0 Å². The van der Waals surface area contributed by atoms with Gasteiger partial charge < -0.3 is 9.47 Å². The van der Waals surface area contributed by atoms with E-state index in [0.717, 1.165) is 13.4 Å². The first-order valence-electron chi connectivity index (χ1n) is 7.77. The van der Waals surface area contributed by atoms with E-state index in [1.54, 1.807) is 20.8 Å². The zero-order valence-electron chi connectivity index (χ0n) is 15.2. The Kier molecular flexibility index (Phi) is 5.50. The molecule has 0 bridgehead atoms. The van der Waals surface area contributed by atoms with Gasteiger partial charge in [0.05, 0.1) is 18.2 Å². The molecule has 0 aliphatic rings. The highest BCUT2D eigenvalue weighted by atomic mass is 32.2. The molecular formula is C17H20N2O6S. The minimum absolute atomic E-state index is 0.0214. The Morgan fingerprint density at radius 2 is 1.77 bits per heavy atom. The van der Waals surface area contributed by atoms with Gasteiger partial charge in [-0.1, -0.05) is 0 Å². The molecule has 1 aromatic heterocycles. The van der Waals surface area contributed by atoms with Crippen molar-refractivity contribution < 1.29 is 27.5 Å². The maximum absolute atomic E-state index is 12.9. The van der Waals surface area contributed by atoms with Crippen molar-refractivity contribution in [3.05, 3.63) is 40.6 Å². The lowest BCUT2D eigenvalue weighted by atomic mass is 10.0. The SMILES string of the molecule is CCn1ncc(C(=O)c2cc(C)c(S(C)(=O)=O)c(C)c2)c1OC(=O)OC. The molecule has 1 heterocycles. The summed E-state index contributed by atoms with van der Waals surface area (Å²) in [4.78, 5) is 24.6. The monoisotopic (exact) mass is 380 g/mol. The summed E-state index contributed by atoms with van der Waals surface area (Å²) in [5, 5.41) is 4.04. The van der Waals surface area contributed by atoms with Crippen LogP contribution in [0.15, 0.2) is 23.2 Å². The molecule has 0 saturated heterocycles. The van der Waals surface area contributed by atoms with Gasteiger partial charge in [-0.3, -0.25) is 4.79 Å². The van der Waals surface area contributed by atoms with Gasteiger partial charge in [0.2, 0.25) is 5.88 Å². The molecular weight excluding hydrogens is 360 g/mol. The number of carbonyl (C=O) groups excluding carboxylic acids is 2. The average molecular weight is 380 g/mol. The van der Waals surface area contributed by atoms with E-state index in [1.165, 1.54) is 23.0 Å². The summed E-state index contributed by atoms with van der Waals surface area (Å²) in [7, 11) is -2.25. The smallest absolute Gasteiger partial charge is 0.437 e. The van der Waals surface area contributed by atoms with E-state index in [0.29, 0.717) is 17.7 Å². The predicted molar refractivity (Wildman–Crippen MR) is 93.4 cm³/mol. The molecule has 140 valence electrons. The number of aryl methyl sites for hydroxylation is 3. The third kappa shape index (κ3) is 3.77. The molecule has 0 unspecified atom stereocenters. The molecule has 0 atom stereocenters. The second-order valence-electron chi connectivity index (χ2n) is 5.78. The summed E-state index contributed by atoms with van der Waals surface area (Å²) in [6.07, 6.45) is 1.46. The highest BCUT2D eigenvalue weighted by molar-refractivity contribution is 7.90. The molecule has 0 fully saturated rings. The lowest BCUT2D eigenvalue weighted by Gasteiger charge is -2.11. The van der Waals surface area contributed by atoms with E-state index in [4.69, 9.17) is 4.74 Å². The van der Waals surface area contributed by atoms with Crippen molar-refractivity contribution in [1.82, 2.24) is 9.78 Å². The van der Waals surface area contributed by atoms with Gasteiger partial charge >= 0.3 is 6.16 Å². The van der Waals surface area contributed by atoms with Crippen molar-refractivity contribution in [3.63, 3.8) is 0 Å². The molecule has 0 radical (unpaired) electrons. The number of rotatable bonds is 5. The standard InChI is InChI=1S/C17H20N2O6S/c1-6-19-16(25-17(21)24-4)13(9-18-19)14(20)12-7-10(2)15(11(3)8-12)26(5,22)23/h7-9H,6H2,1-5H3. The number of ether oxygens (including phenoxy) is 2. The van der Waals surface area contributed by atoms with Gasteiger partial charge in [0.25, 0.3) is 0 Å². The van der Waals surface area contributed by atoms with Crippen molar-refractivity contribution in [2.75, 3.05) is 13.4 Å². The number of carbonyl (C=O) groups is 2. The Hall–Kier alpha value is -2.68. The number of sulfone groups is 1. The molecule has 0 spiro atoms. The van der Waals surface area contributed by atoms with Crippen molar-refractivity contribution in [3.8, 4) is 5.88 Å². The first-order chi connectivity index (χ1) is 12.1. The van der Waals surface area contributed by atoms with Gasteiger partial charge in [-0.25, -0.2) is 17.9 Å². The Bertz CT molecular complexity index is 952. The molecule has 2 aromatic rings. The summed E-state index contributed by atoms with van der Waals surface area (Å²) in [6.45, 7) is 5.41. The third-order valence-electron chi connectivity index (χ3n) is 3.78. The Labute approximate surface area is 151 Å². The van der Waals surface area contributed by atoms with Crippen LogP contribution in [0.2, 0.25) is 0 Å². The average Bonchev–Trinajstić information content (AvgIpc) is 2.94. The number of ketones is 1. The van der Waals surface area contributed by atoms with Gasteiger partial charge in [-0.2, -0.15) is 5.10 Å². The number of hydrogen-bond donors (Lipinski definition) is 0. The Morgan fingerprint density at radius 3 is 2.23 bits per heavy atom. The first-order valence-corrected chi connectivity index (χ1v) is 9.66. The van der Waals surface area contributed by atoms with E-state index in [1.807, 2.05) is 0 Å². The molecule has 0 aliphatic heterocycles. The van der Waals surface area contributed by atoms with Crippen LogP contribution in [0, 0.1) is 13.8 Å². The van der Waals surface area contributed by atoms with Gasteiger partial charge in [0, 0.05) is 18.4 Å². The largest absolute Gasteiger partial charge is 0.514 e. The summed E-state index contributed by atoms with van der Waals surface area (Å²) in [5.74, 6) is -0.457. The molecule has 0 N–H and O–H groups in total. The molecule has 0 amide bonds. The topological polar surface area (TPSA) is 105 Å². The van der Waals surface area contributed by atoms with Gasteiger partial charge in [-0.05, 0) is 44.0 Å². The van der Waals surface area contributed by atoms with Crippen LogP contribution in [0.5, 0.6) is 5.88 Å². The van der Waals surface area contributed by atoms with E-state index in [2.05, 4.69) is 9.84 Å². The van der Waals surface area contributed by atoms with Gasteiger partial charge in [0.1, 0.15) is 5.56 Å². The van der Waals surface area contributed by atoms with Crippen molar-refractivity contribution in [2.24, 2.45) is 0 Å². The third-order valence-corrected chi connectivity index (χ3v) is 5.16. The van der Waals surface area contributed by atoms with Crippen LogP contribution in [-0.2, 0) is 21.1 Å². The number of aromatic nitrogens is 2. The molecule has 0 aliphatic carbocycles. The Balaban J connectivity index is 2.54. The summed E-state index contributed by atoms with van der Waals surface area (Å²) >= 11 is 0. The van der Waals surface area contributed by atoms with Crippen LogP contribution < -0.4 is 4.74 Å². The summed E-state index contributed by atoms with van der Waals surface area (Å²) < 4.78 is 34.7. The van der Waals surface area contributed by atoms with E-state index in [9.17, 15) is 18.0 Å². The zero-order chi connectivity index (χ0) is 19.6. The second kappa shape index (κ2) is 7.28. The lowest BCUT2D eigenvalue weighted by Crippen LogP contribution is -2.14. The summed E-state index contributed by atoms with van der Waals surface area (Å²) in [6, 6.07) is 2.99. The maximum Gasteiger partial charge on any atom is 0.514 e. The molecule has 0 saturated carbocycles. The number of benzene rings is 1. The van der Waals surface area contributed by atoms with Crippen LogP contribution in [0.1, 0.15) is 34.0 Å². The first kappa shape index (κ1) is 19.6. The quantitative estimate of drug-likeness (QED) is 0.579. The lowest BCUT2D eigenvalue weighted by molar-refractivity contribution is 0.102. The van der Waals surface area contributed by atoms with Crippen molar-refractivity contribution in [1.29, 1.82) is 0 Å². The fourth-order valence-corrected chi connectivity index (χ4v) is 4.09. The fraction of sp³-hybridized carbons (Fsp3) is 0.353. The number of hydrogen-bond acceptors (Lipinski definition) is 7. The van der Waals surface area contributed by atoms with Crippen LogP contribution in [-0.4, -0.2) is 43.5 Å². The van der Waals surface area contributed by atoms with Crippen molar-refractivity contribution >= 4 is 21.8 Å². The molecule has 9 heteroatoms. The predicted octanol–water partition coefficient (Wildman–Crippen LogP) is 2.30. The van der Waals surface area contributed by atoms with E-state index >= 15 is 0 Å². The minimum Gasteiger partial charge on any atom is -0.437 e. The van der Waals surface area contributed by atoms with Crippen molar-refractivity contribution in [2.45, 2.75) is 32.2 Å². The van der Waals surface area contributed by atoms with Crippen LogP contribution in [0.25, 0.3) is 0 Å². The normalized spacial score (nSPS) is 11.3. The Morgan fingerprint density at radius 1 is 1.19 bits per heavy atom. The number of methoxy groups -OCH3 is 1. The highest BCUT2D eigenvalue weighted by Crippen LogP contribution is 2.26. The highest BCUT2D eigenvalue weighted by Gasteiger charge is 2.24. The van der Waals surface area contributed by atoms with E-state index in [-0.39, 0.29) is 21.9 Å². The second-order valence-corrected chi connectivity index (χ2v) is 7.73. The van der Waals surface area contributed by atoms with Crippen LogP contribution in [0.3, 0.4) is 0 Å².